The number of nitrogen functional groups attached to an aromatic ring is 1. The van der Waals surface area contributed by atoms with Crippen LogP contribution < -0.4 is 5.73 Å². The maximum atomic E-state index is 5.74. The lowest BCUT2D eigenvalue weighted by atomic mass is 10.2. The van der Waals surface area contributed by atoms with Gasteiger partial charge in [-0.25, -0.2) is 9.97 Å². The Morgan fingerprint density at radius 1 is 1.23 bits per heavy atom. The number of halogens is 1. The fourth-order valence-electron chi connectivity index (χ4n) is 1.16. The van der Waals surface area contributed by atoms with Gasteiger partial charge in [0.2, 0.25) is 0 Å². The largest absolute Gasteiger partial charge is 0.381 e. The SMILES string of the molecule is Cc1ccc2nc(N)c(Cl)nc2c1. The van der Waals surface area contributed by atoms with Crippen molar-refractivity contribution in [1.82, 2.24) is 9.97 Å². The third-order valence-electron chi connectivity index (χ3n) is 1.80. The van der Waals surface area contributed by atoms with Gasteiger partial charge in [-0.2, -0.15) is 0 Å². The summed E-state index contributed by atoms with van der Waals surface area (Å²) in [6.45, 7) is 1.99. The van der Waals surface area contributed by atoms with E-state index in [0.29, 0.717) is 0 Å². The van der Waals surface area contributed by atoms with Crippen LogP contribution in [0.1, 0.15) is 5.56 Å². The summed E-state index contributed by atoms with van der Waals surface area (Å²) in [6.07, 6.45) is 0. The van der Waals surface area contributed by atoms with Crippen molar-refractivity contribution in [2.24, 2.45) is 0 Å². The maximum absolute atomic E-state index is 5.74. The summed E-state index contributed by atoms with van der Waals surface area (Å²) in [6, 6.07) is 5.77. The van der Waals surface area contributed by atoms with Crippen molar-refractivity contribution in [3.8, 4) is 0 Å². The topological polar surface area (TPSA) is 51.8 Å². The van der Waals surface area contributed by atoms with Crippen LogP contribution in [-0.2, 0) is 0 Å². The second kappa shape index (κ2) is 2.85. The number of aryl methyl sites for hydroxylation is 1. The second-order valence-corrected chi connectivity index (χ2v) is 3.25. The van der Waals surface area contributed by atoms with Crippen LogP contribution in [0.5, 0.6) is 0 Å². The molecule has 0 radical (unpaired) electrons. The molecule has 0 amide bonds. The maximum Gasteiger partial charge on any atom is 0.171 e. The summed E-state index contributed by atoms with van der Waals surface area (Å²) in [5, 5.41) is 0.262. The zero-order valence-corrected chi connectivity index (χ0v) is 7.84. The van der Waals surface area contributed by atoms with Gasteiger partial charge in [0, 0.05) is 0 Å². The van der Waals surface area contributed by atoms with Crippen molar-refractivity contribution in [3.63, 3.8) is 0 Å². The van der Waals surface area contributed by atoms with Crippen LogP contribution in [0, 0.1) is 6.92 Å². The van der Waals surface area contributed by atoms with Crippen LogP contribution in [0.3, 0.4) is 0 Å². The lowest BCUT2D eigenvalue weighted by molar-refractivity contribution is 1.29. The number of fused-ring (bicyclic) bond motifs is 1. The van der Waals surface area contributed by atoms with Gasteiger partial charge in [-0.05, 0) is 24.6 Å². The third-order valence-corrected chi connectivity index (χ3v) is 2.08. The Balaban J connectivity index is 2.81. The van der Waals surface area contributed by atoms with Crippen molar-refractivity contribution in [2.75, 3.05) is 5.73 Å². The van der Waals surface area contributed by atoms with E-state index in [1.165, 1.54) is 0 Å². The molecule has 66 valence electrons. The predicted molar refractivity (Wildman–Crippen MR) is 53.7 cm³/mol. The Bertz CT molecular complexity index is 468. The molecule has 0 bridgehead atoms. The van der Waals surface area contributed by atoms with Gasteiger partial charge in [0.25, 0.3) is 0 Å². The molecule has 0 saturated carbocycles. The minimum atomic E-state index is 0.262. The predicted octanol–water partition coefficient (Wildman–Crippen LogP) is 2.17. The molecule has 0 spiro atoms. The molecule has 0 aliphatic heterocycles. The minimum Gasteiger partial charge on any atom is -0.381 e. The smallest absolute Gasteiger partial charge is 0.171 e. The van der Waals surface area contributed by atoms with Crippen LogP contribution in [0.25, 0.3) is 11.0 Å². The Morgan fingerprint density at radius 2 is 2.00 bits per heavy atom. The monoisotopic (exact) mass is 193 g/mol. The number of aromatic nitrogens is 2. The van der Waals surface area contributed by atoms with Crippen LogP contribution in [0.2, 0.25) is 5.15 Å². The molecule has 0 fully saturated rings. The molecule has 4 heteroatoms. The number of hydrogen-bond donors (Lipinski definition) is 1. The van der Waals surface area contributed by atoms with Crippen molar-refractivity contribution in [3.05, 3.63) is 28.9 Å². The average Bonchev–Trinajstić information content (AvgIpc) is 2.08. The first-order valence-corrected chi connectivity index (χ1v) is 4.24. The number of anilines is 1. The summed E-state index contributed by atoms with van der Waals surface area (Å²) < 4.78 is 0. The molecular weight excluding hydrogens is 186 g/mol. The summed E-state index contributed by atoms with van der Waals surface area (Å²) in [5.74, 6) is 0.276. The molecule has 2 aromatic rings. The molecule has 0 aliphatic rings. The molecule has 0 unspecified atom stereocenters. The van der Waals surface area contributed by atoms with E-state index >= 15 is 0 Å². The standard InChI is InChI=1S/C9H8ClN3/c1-5-2-3-6-7(4-5)12-8(10)9(11)13-6/h2-4H,1H3,(H2,11,13). The summed E-state index contributed by atoms with van der Waals surface area (Å²) in [7, 11) is 0. The molecule has 0 aliphatic carbocycles. The Morgan fingerprint density at radius 3 is 2.77 bits per heavy atom. The Labute approximate surface area is 80.6 Å². The fourth-order valence-corrected chi connectivity index (χ4v) is 1.29. The zero-order chi connectivity index (χ0) is 9.42. The molecule has 2 rings (SSSR count). The van der Waals surface area contributed by atoms with Gasteiger partial charge in [-0.3, -0.25) is 0 Å². The molecule has 1 aromatic carbocycles. The number of hydrogen-bond acceptors (Lipinski definition) is 3. The average molecular weight is 194 g/mol. The number of nitrogens with zero attached hydrogens (tertiary/aromatic N) is 2. The van der Waals surface area contributed by atoms with Gasteiger partial charge >= 0.3 is 0 Å². The van der Waals surface area contributed by atoms with Gasteiger partial charge in [0.05, 0.1) is 11.0 Å². The minimum absolute atomic E-state index is 0.262. The van der Waals surface area contributed by atoms with Gasteiger partial charge in [0.1, 0.15) is 0 Å². The van der Waals surface area contributed by atoms with E-state index in [-0.39, 0.29) is 11.0 Å². The van der Waals surface area contributed by atoms with E-state index in [0.717, 1.165) is 16.6 Å². The zero-order valence-electron chi connectivity index (χ0n) is 7.08. The van der Waals surface area contributed by atoms with Crippen molar-refractivity contribution in [2.45, 2.75) is 6.92 Å². The van der Waals surface area contributed by atoms with E-state index in [1.54, 1.807) is 0 Å². The molecule has 1 aromatic heterocycles. The lowest BCUT2D eigenvalue weighted by Gasteiger charge is -2.00. The highest BCUT2D eigenvalue weighted by atomic mass is 35.5. The van der Waals surface area contributed by atoms with Crippen LogP contribution >= 0.6 is 11.6 Å². The van der Waals surface area contributed by atoms with E-state index in [9.17, 15) is 0 Å². The van der Waals surface area contributed by atoms with Crippen LogP contribution in [0.4, 0.5) is 5.82 Å². The van der Waals surface area contributed by atoms with Crippen molar-refractivity contribution >= 4 is 28.5 Å². The van der Waals surface area contributed by atoms with Crippen molar-refractivity contribution < 1.29 is 0 Å². The number of nitrogens with two attached hydrogens (primary N) is 1. The van der Waals surface area contributed by atoms with Gasteiger partial charge in [-0.1, -0.05) is 17.7 Å². The molecule has 3 nitrogen and oxygen atoms in total. The first-order valence-electron chi connectivity index (χ1n) is 3.86. The van der Waals surface area contributed by atoms with E-state index in [2.05, 4.69) is 9.97 Å². The Kier molecular flexibility index (Phi) is 1.81. The number of rotatable bonds is 0. The van der Waals surface area contributed by atoms with Gasteiger partial charge in [0.15, 0.2) is 11.0 Å². The van der Waals surface area contributed by atoms with E-state index < -0.39 is 0 Å². The summed E-state index contributed by atoms with van der Waals surface area (Å²) in [4.78, 5) is 8.21. The van der Waals surface area contributed by atoms with Crippen molar-refractivity contribution in [1.29, 1.82) is 0 Å². The highest BCUT2D eigenvalue weighted by molar-refractivity contribution is 6.31. The van der Waals surface area contributed by atoms with Crippen LogP contribution in [-0.4, -0.2) is 9.97 Å². The highest BCUT2D eigenvalue weighted by Gasteiger charge is 2.02. The summed E-state index contributed by atoms with van der Waals surface area (Å²) >= 11 is 5.74. The van der Waals surface area contributed by atoms with E-state index in [4.69, 9.17) is 17.3 Å². The first kappa shape index (κ1) is 8.26. The fraction of sp³-hybridized carbons (Fsp3) is 0.111. The van der Waals surface area contributed by atoms with Crippen LogP contribution in [0.15, 0.2) is 18.2 Å². The molecule has 0 atom stereocenters. The summed E-state index contributed by atoms with van der Waals surface area (Å²) in [5.41, 5.74) is 8.19. The highest BCUT2D eigenvalue weighted by Crippen LogP contribution is 2.18. The molecule has 1 heterocycles. The molecule has 2 N–H and O–H groups in total. The number of benzene rings is 1. The first-order chi connectivity index (χ1) is 6.16. The normalized spacial score (nSPS) is 10.6. The molecule has 0 saturated heterocycles. The molecule has 13 heavy (non-hydrogen) atoms. The van der Waals surface area contributed by atoms with Gasteiger partial charge < -0.3 is 5.73 Å². The van der Waals surface area contributed by atoms with Gasteiger partial charge in [-0.15, -0.1) is 0 Å². The quantitative estimate of drug-likeness (QED) is 0.698. The lowest BCUT2D eigenvalue weighted by Crippen LogP contribution is -1.94. The third kappa shape index (κ3) is 1.42. The molecular formula is C9H8ClN3. The second-order valence-electron chi connectivity index (χ2n) is 2.89. The Hall–Kier alpha value is -1.35. The van der Waals surface area contributed by atoms with E-state index in [1.807, 2.05) is 25.1 Å².